The molecule has 0 bridgehead atoms. The second-order valence-corrected chi connectivity index (χ2v) is 5.79. The number of benzene rings is 1. The summed E-state index contributed by atoms with van der Waals surface area (Å²) in [7, 11) is 0. The number of hydrogen-bond donors (Lipinski definition) is 0. The maximum absolute atomic E-state index is 2.27. The summed E-state index contributed by atoms with van der Waals surface area (Å²) in [6.45, 7) is 6.67. The molecule has 1 aromatic carbocycles. The molecule has 0 N–H and O–H groups in total. The molecule has 15 heavy (non-hydrogen) atoms. The van der Waals surface area contributed by atoms with Crippen LogP contribution in [0.3, 0.4) is 0 Å². The van der Waals surface area contributed by atoms with Gasteiger partial charge in [-0.25, -0.2) is 0 Å². The highest BCUT2D eigenvalue weighted by Crippen LogP contribution is 2.17. The molecule has 0 amide bonds. The second kappa shape index (κ2) is 6.02. The standard InChI is InChI=1S/C14H20S/c1-14(2,3)10-12-15-11-9-13-7-5-4-6-8-13/h4-8,10,12H,9,11H2,1-3H3/b12-10+. The number of rotatable bonds is 4. The van der Waals surface area contributed by atoms with Gasteiger partial charge in [-0.1, -0.05) is 57.2 Å². The molecule has 0 atom stereocenters. The summed E-state index contributed by atoms with van der Waals surface area (Å²) < 4.78 is 0. The van der Waals surface area contributed by atoms with Crippen LogP contribution in [0.2, 0.25) is 0 Å². The first-order chi connectivity index (χ1) is 7.08. The minimum Gasteiger partial charge on any atom is -0.134 e. The maximum atomic E-state index is 2.27. The molecule has 0 fully saturated rings. The normalized spacial score (nSPS) is 12.2. The molecule has 82 valence electrons. The molecule has 0 aliphatic rings. The first-order valence-corrected chi connectivity index (χ1v) is 6.46. The molecule has 0 spiro atoms. The van der Waals surface area contributed by atoms with E-state index < -0.39 is 0 Å². The van der Waals surface area contributed by atoms with Crippen molar-refractivity contribution in [3.63, 3.8) is 0 Å². The lowest BCUT2D eigenvalue weighted by molar-refractivity contribution is 0.545. The van der Waals surface area contributed by atoms with Crippen LogP contribution >= 0.6 is 11.8 Å². The van der Waals surface area contributed by atoms with E-state index in [1.54, 1.807) is 0 Å². The van der Waals surface area contributed by atoms with Gasteiger partial charge in [-0.05, 0) is 22.8 Å². The molecular weight excluding hydrogens is 200 g/mol. The van der Waals surface area contributed by atoms with Gasteiger partial charge in [0, 0.05) is 5.75 Å². The Morgan fingerprint density at radius 3 is 2.40 bits per heavy atom. The van der Waals surface area contributed by atoms with Gasteiger partial charge in [0.2, 0.25) is 0 Å². The van der Waals surface area contributed by atoms with Gasteiger partial charge in [-0.15, -0.1) is 11.8 Å². The van der Waals surface area contributed by atoms with E-state index in [-0.39, 0.29) is 0 Å². The van der Waals surface area contributed by atoms with E-state index in [0.717, 1.165) is 12.2 Å². The van der Waals surface area contributed by atoms with Crippen molar-refractivity contribution < 1.29 is 0 Å². The van der Waals surface area contributed by atoms with Crippen LogP contribution in [0.25, 0.3) is 0 Å². The van der Waals surface area contributed by atoms with Crippen LogP contribution in [0.5, 0.6) is 0 Å². The predicted octanol–water partition coefficient (Wildman–Crippen LogP) is 4.52. The summed E-state index contributed by atoms with van der Waals surface area (Å²) in [5.74, 6) is 1.16. The molecule has 1 aromatic rings. The SMILES string of the molecule is CC(C)(C)/C=C/SCCc1ccccc1. The molecule has 0 aliphatic heterocycles. The number of thioether (sulfide) groups is 1. The highest BCUT2D eigenvalue weighted by atomic mass is 32.2. The number of aryl methyl sites for hydroxylation is 1. The van der Waals surface area contributed by atoms with E-state index in [1.807, 2.05) is 11.8 Å². The molecule has 1 rings (SSSR count). The molecule has 0 aliphatic carbocycles. The Morgan fingerprint density at radius 2 is 1.80 bits per heavy atom. The third-order valence-electron chi connectivity index (χ3n) is 2.02. The van der Waals surface area contributed by atoms with Crippen LogP contribution in [-0.2, 0) is 6.42 Å². The van der Waals surface area contributed by atoms with E-state index in [9.17, 15) is 0 Å². The molecule has 1 heteroatoms. The van der Waals surface area contributed by atoms with Gasteiger partial charge in [0.1, 0.15) is 0 Å². The van der Waals surface area contributed by atoms with Gasteiger partial charge in [0.15, 0.2) is 0 Å². The Bertz CT molecular complexity index is 293. The Labute approximate surface area is 97.8 Å². The average molecular weight is 220 g/mol. The van der Waals surface area contributed by atoms with Crippen LogP contribution in [0.15, 0.2) is 41.8 Å². The smallest absolute Gasteiger partial charge is 0.00145 e. The Morgan fingerprint density at radius 1 is 1.13 bits per heavy atom. The Hall–Kier alpha value is -0.690. The van der Waals surface area contributed by atoms with Crippen molar-refractivity contribution in [1.29, 1.82) is 0 Å². The average Bonchev–Trinajstić information content (AvgIpc) is 2.17. The fraction of sp³-hybridized carbons (Fsp3) is 0.429. The minimum atomic E-state index is 0.305. The molecular formula is C14H20S. The van der Waals surface area contributed by atoms with Crippen molar-refractivity contribution in [2.45, 2.75) is 27.2 Å². The van der Waals surface area contributed by atoms with Gasteiger partial charge >= 0.3 is 0 Å². The monoisotopic (exact) mass is 220 g/mol. The van der Waals surface area contributed by atoms with Crippen LogP contribution in [-0.4, -0.2) is 5.75 Å². The van der Waals surface area contributed by atoms with Crippen molar-refractivity contribution in [1.82, 2.24) is 0 Å². The number of hydrogen-bond acceptors (Lipinski definition) is 1. The second-order valence-electron chi connectivity index (χ2n) is 4.78. The third kappa shape index (κ3) is 6.40. The van der Waals surface area contributed by atoms with Crippen molar-refractivity contribution in [3.8, 4) is 0 Å². The van der Waals surface area contributed by atoms with E-state index in [4.69, 9.17) is 0 Å². The van der Waals surface area contributed by atoms with Crippen molar-refractivity contribution in [3.05, 3.63) is 47.4 Å². The van der Waals surface area contributed by atoms with Gasteiger partial charge in [-0.2, -0.15) is 0 Å². The van der Waals surface area contributed by atoms with Crippen molar-refractivity contribution >= 4 is 11.8 Å². The zero-order valence-electron chi connectivity index (χ0n) is 9.86. The van der Waals surface area contributed by atoms with E-state index >= 15 is 0 Å². The van der Waals surface area contributed by atoms with Crippen molar-refractivity contribution in [2.24, 2.45) is 5.41 Å². The van der Waals surface area contributed by atoms with Gasteiger partial charge in [-0.3, -0.25) is 0 Å². The molecule has 0 nitrogen and oxygen atoms in total. The van der Waals surface area contributed by atoms with E-state index in [0.29, 0.717) is 5.41 Å². The third-order valence-corrected chi connectivity index (χ3v) is 2.78. The summed E-state index contributed by atoms with van der Waals surface area (Å²) in [6.07, 6.45) is 3.42. The zero-order chi connectivity index (χ0) is 11.1. The summed E-state index contributed by atoms with van der Waals surface area (Å²) in [4.78, 5) is 0. The molecule has 0 heterocycles. The Kier molecular flexibility index (Phi) is 4.97. The maximum Gasteiger partial charge on any atom is 0.00145 e. The lowest BCUT2D eigenvalue weighted by Gasteiger charge is -2.10. The van der Waals surface area contributed by atoms with E-state index in [1.165, 1.54) is 5.56 Å². The quantitative estimate of drug-likeness (QED) is 0.672. The fourth-order valence-electron chi connectivity index (χ4n) is 1.14. The Balaban J connectivity index is 2.21. The lowest BCUT2D eigenvalue weighted by Crippen LogP contribution is -1.97. The first kappa shape index (κ1) is 12.4. The van der Waals surface area contributed by atoms with Gasteiger partial charge < -0.3 is 0 Å². The molecule has 0 saturated heterocycles. The summed E-state index contributed by atoms with van der Waals surface area (Å²) >= 11 is 1.89. The molecule has 0 radical (unpaired) electrons. The van der Waals surface area contributed by atoms with Crippen LogP contribution in [0.1, 0.15) is 26.3 Å². The highest BCUT2D eigenvalue weighted by molar-refractivity contribution is 8.02. The summed E-state index contributed by atoms with van der Waals surface area (Å²) in [5, 5.41) is 2.23. The first-order valence-electron chi connectivity index (χ1n) is 5.41. The summed E-state index contributed by atoms with van der Waals surface area (Å²) in [6, 6.07) is 10.6. The molecule has 0 aromatic heterocycles. The van der Waals surface area contributed by atoms with Crippen LogP contribution in [0, 0.1) is 5.41 Å². The summed E-state index contributed by atoms with van der Waals surface area (Å²) in [5.41, 5.74) is 1.73. The number of allylic oxidation sites excluding steroid dienone is 1. The highest BCUT2D eigenvalue weighted by Gasteiger charge is 2.02. The van der Waals surface area contributed by atoms with Crippen molar-refractivity contribution in [2.75, 3.05) is 5.75 Å². The largest absolute Gasteiger partial charge is 0.134 e. The molecule has 0 saturated carbocycles. The topological polar surface area (TPSA) is 0 Å². The minimum absolute atomic E-state index is 0.305. The van der Waals surface area contributed by atoms with Gasteiger partial charge in [0.25, 0.3) is 0 Å². The lowest BCUT2D eigenvalue weighted by atomic mass is 9.98. The fourth-order valence-corrected chi connectivity index (χ4v) is 2.14. The van der Waals surface area contributed by atoms with E-state index in [2.05, 4.69) is 62.6 Å². The van der Waals surface area contributed by atoms with Crippen LogP contribution < -0.4 is 0 Å². The van der Waals surface area contributed by atoms with Gasteiger partial charge in [0.05, 0.1) is 0 Å². The predicted molar refractivity (Wildman–Crippen MR) is 71.2 cm³/mol. The molecule has 0 unspecified atom stereocenters. The van der Waals surface area contributed by atoms with Crippen LogP contribution in [0.4, 0.5) is 0 Å². The zero-order valence-corrected chi connectivity index (χ0v) is 10.7.